The summed E-state index contributed by atoms with van der Waals surface area (Å²) < 4.78 is 5.03. The van der Waals surface area contributed by atoms with Crippen LogP contribution >= 0.6 is 23.4 Å². The van der Waals surface area contributed by atoms with Crippen molar-refractivity contribution in [1.29, 1.82) is 0 Å². The van der Waals surface area contributed by atoms with E-state index < -0.39 is 11.2 Å². The van der Waals surface area contributed by atoms with Crippen molar-refractivity contribution in [1.82, 2.24) is 4.90 Å². The number of aryl methyl sites for hydroxylation is 1. The predicted octanol–water partition coefficient (Wildman–Crippen LogP) is 5.99. The number of benzene rings is 3. The summed E-state index contributed by atoms with van der Waals surface area (Å²) in [4.78, 5) is 44.4. The highest BCUT2D eigenvalue weighted by molar-refractivity contribution is 8.15. The van der Waals surface area contributed by atoms with Gasteiger partial charge in [0.1, 0.15) is 5.25 Å². The largest absolute Gasteiger partial charge is 0.462 e. The van der Waals surface area contributed by atoms with Gasteiger partial charge in [0, 0.05) is 17.1 Å². The number of hydrogen-bond acceptors (Lipinski definition) is 6. The average Bonchev–Trinajstić information content (AvgIpc) is 3.16. The fourth-order valence-electron chi connectivity index (χ4n) is 3.68. The van der Waals surface area contributed by atoms with Crippen molar-refractivity contribution in [3.8, 4) is 0 Å². The van der Waals surface area contributed by atoms with Gasteiger partial charge >= 0.3 is 5.97 Å². The molecule has 1 aliphatic heterocycles. The molecule has 0 spiro atoms. The highest BCUT2D eigenvalue weighted by Gasteiger charge is 2.39. The van der Waals surface area contributed by atoms with Gasteiger partial charge in [-0.05, 0) is 61.4 Å². The number of thioether (sulfide) groups is 1. The Morgan fingerprint density at radius 1 is 1.08 bits per heavy atom. The van der Waals surface area contributed by atoms with Crippen molar-refractivity contribution in [2.24, 2.45) is 4.99 Å². The SMILES string of the molecule is CCOC(=O)c1ccc(N=C2S[C@@H](CC(=O)Nc3ccc(C)c(Cl)c3)C(=O)N2Cc2ccccc2)cc1. The molecule has 1 saturated heterocycles. The van der Waals surface area contributed by atoms with E-state index >= 15 is 0 Å². The van der Waals surface area contributed by atoms with Crippen molar-refractivity contribution >= 4 is 57.7 Å². The fourth-order valence-corrected chi connectivity index (χ4v) is 5.02. The Hall–Kier alpha value is -3.62. The molecule has 1 atom stereocenters. The number of aliphatic imine (C=N–C) groups is 1. The van der Waals surface area contributed by atoms with E-state index in [9.17, 15) is 14.4 Å². The zero-order valence-electron chi connectivity index (χ0n) is 20.4. The Kier molecular flexibility index (Phi) is 8.63. The summed E-state index contributed by atoms with van der Waals surface area (Å²) in [6.07, 6.45) is -0.0128. The van der Waals surface area contributed by atoms with Gasteiger partial charge in [-0.25, -0.2) is 9.79 Å². The average molecular weight is 536 g/mol. The first-order valence-corrected chi connectivity index (χ1v) is 13.0. The molecule has 1 N–H and O–H groups in total. The van der Waals surface area contributed by atoms with Gasteiger partial charge in [-0.15, -0.1) is 0 Å². The van der Waals surface area contributed by atoms with Gasteiger partial charge in [-0.1, -0.05) is 59.8 Å². The highest BCUT2D eigenvalue weighted by atomic mass is 35.5. The monoisotopic (exact) mass is 535 g/mol. The Morgan fingerprint density at radius 2 is 1.81 bits per heavy atom. The normalized spacial score (nSPS) is 16.2. The lowest BCUT2D eigenvalue weighted by Crippen LogP contribution is -2.33. The maximum Gasteiger partial charge on any atom is 0.338 e. The lowest BCUT2D eigenvalue weighted by atomic mass is 10.2. The van der Waals surface area contributed by atoms with Crippen LogP contribution < -0.4 is 5.32 Å². The maximum atomic E-state index is 13.4. The van der Waals surface area contributed by atoms with Crippen LogP contribution in [0.2, 0.25) is 5.02 Å². The van der Waals surface area contributed by atoms with Gasteiger partial charge in [0.2, 0.25) is 11.8 Å². The molecule has 2 amide bonds. The second kappa shape index (κ2) is 12.1. The molecule has 9 heteroatoms. The number of anilines is 1. The van der Waals surface area contributed by atoms with Gasteiger partial charge in [0.05, 0.1) is 24.4 Å². The van der Waals surface area contributed by atoms with E-state index in [1.807, 2.05) is 43.3 Å². The molecule has 1 heterocycles. The van der Waals surface area contributed by atoms with Gasteiger partial charge < -0.3 is 10.1 Å². The molecule has 1 fully saturated rings. The van der Waals surface area contributed by atoms with Gasteiger partial charge in [0.25, 0.3) is 0 Å². The van der Waals surface area contributed by atoms with Crippen LogP contribution in [0.1, 0.15) is 34.8 Å². The van der Waals surface area contributed by atoms with Crippen molar-refractivity contribution in [3.63, 3.8) is 0 Å². The summed E-state index contributed by atoms with van der Waals surface area (Å²) in [5.74, 6) is -0.878. The Balaban J connectivity index is 1.53. The first kappa shape index (κ1) is 26.4. The number of carbonyl (C=O) groups excluding carboxylic acids is 3. The number of halogens is 1. The van der Waals surface area contributed by atoms with Crippen molar-refractivity contribution in [3.05, 3.63) is 94.5 Å². The van der Waals surface area contributed by atoms with E-state index in [-0.39, 0.29) is 18.2 Å². The molecule has 0 aromatic heterocycles. The number of ether oxygens (including phenoxy) is 1. The summed E-state index contributed by atoms with van der Waals surface area (Å²) in [7, 11) is 0. The van der Waals surface area contributed by atoms with Crippen LogP contribution in [0.5, 0.6) is 0 Å². The number of amides is 2. The molecule has 0 saturated carbocycles. The van der Waals surface area contributed by atoms with Crippen LogP contribution in [-0.4, -0.2) is 39.7 Å². The zero-order valence-corrected chi connectivity index (χ0v) is 22.0. The van der Waals surface area contributed by atoms with Crippen LogP contribution in [-0.2, 0) is 20.9 Å². The maximum absolute atomic E-state index is 13.4. The Morgan fingerprint density at radius 3 is 2.49 bits per heavy atom. The number of carbonyl (C=O) groups is 3. The van der Waals surface area contributed by atoms with E-state index in [4.69, 9.17) is 16.3 Å². The minimum absolute atomic E-state index is 0.0128. The number of hydrogen-bond donors (Lipinski definition) is 1. The molecule has 3 aromatic rings. The lowest BCUT2D eigenvalue weighted by Gasteiger charge is -2.16. The van der Waals surface area contributed by atoms with Gasteiger partial charge in [-0.3, -0.25) is 14.5 Å². The first-order valence-electron chi connectivity index (χ1n) is 11.8. The van der Waals surface area contributed by atoms with E-state index in [0.29, 0.717) is 40.3 Å². The fraction of sp³-hybridized carbons (Fsp3) is 0.214. The molecular formula is C28H26ClN3O4S. The molecule has 0 unspecified atom stereocenters. The third-order valence-corrected chi connectivity index (χ3v) is 7.22. The van der Waals surface area contributed by atoms with Gasteiger partial charge in [0.15, 0.2) is 5.17 Å². The molecule has 1 aliphatic rings. The minimum atomic E-state index is -0.623. The van der Waals surface area contributed by atoms with Crippen LogP contribution in [0, 0.1) is 6.92 Å². The quantitative estimate of drug-likeness (QED) is 0.358. The summed E-state index contributed by atoms with van der Waals surface area (Å²) in [6, 6.07) is 21.6. The van der Waals surface area contributed by atoms with E-state index in [1.54, 1.807) is 48.2 Å². The molecule has 0 radical (unpaired) electrons. The number of nitrogens with one attached hydrogen (secondary N) is 1. The smallest absolute Gasteiger partial charge is 0.338 e. The first-order chi connectivity index (χ1) is 17.8. The highest BCUT2D eigenvalue weighted by Crippen LogP contribution is 2.33. The van der Waals surface area contributed by atoms with Crippen LogP contribution in [0.25, 0.3) is 0 Å². The van der Waals surface area contributed by atoms with Crippen molar-refractivity contribution in [2.45, 2.75) is 32.1 Å². The van der Waals surface area contributed by atoms with Crippen LogP contribution in [0.15, 0.2) is 77.8 Å². The zero-order chi connectivity index (χ0) is 26.4. The number of nitrogens with zero attached hydrogens (tertiary/aromatic N) is 2. The van der Waals surface area contributed by atoms with Crippen LogP contribution in [0.4, 0.5) is 11.4 Å². The molecule has 0 aliphatic carbocycles. The molecule has 190 valence electrons. The van der Waals surface area contributed by atoms with Gasteiger partial charge in [-0.2, -0.15) is 0 Å². The second-order valence-corrected chi connectivity index (χ2v) is 9.97. The number of amidine groups is 1. The summed E-state index contributed by atoms with van der Waals surface area (Å²) in [6.45, 7) is 4.26. The number of esters is 1. The summed E-state index contributed by atoms with van der Waals surface area (Å²) in [5, 5.41) is 3.25. The minimum Gasteiger partial charge on any atom is -0.462 e. The summed E-state index contributed by atoms with van der Waals surface area (Å²) in [5.41, 5.74) is 3.44. The van der Waals surface area contributed by atoms with Crippen LogP contribution in [0.3, 0.4) is 0 Å². The number of rotatable bonds is 8. The lowest BCUT2D eigenvalue weighted by molar-refractivity contribution is -0.128. The summed E-state index contributed by atoms with van der Waals surface area (Å²) >= 11 is 7.42. The molecule has 7 nitrogen and oxygen atoms in total. The van der Waals surface area contributed by atoms with Crippen molar-refractivity contribution < 1.29 is 19.1 Å². The standard InChI is InChI=1S/C28H26ClN3O4S/c1-3-36-27(35)20-10-13-21(14-11-20)31-28-32(17-19-7-5-4-6-8-19)26(34)24(37-28)16-25(33)30-22-12-9-18(2)23(29)15-22/h4-15,24H,3,16-17H2,1-2H3,(H,30,33)/t24-/m0/s1. The second-order valence-electron chi connectivity index (χ2n) is 8.39. The molecule has 37 heavy (non-hydrogen) atoms. The Labute approximate surface area is 224 Å². The third-order valence-electron chi connectivity index (χ3n) is 5.63. The Bertz CT molecular complexity index is 1330. The van der Waals surface area contributed by atoms with E-state index in [2.05, 4.69) is 10.3 Å². The molecule has 0 bridgehead atoms. The van der Waals surface area contributed by atoms with Crippen molar-refractivity contribution in [2.75, 3.05) is 11.9 Å². The van der Waals surface area contributed by atoms with E-state index in [0.717, 1.165) is 11.1 Å². The topological polar surface area (TPSA) is 88.1 Å². The third kappa shape index (κ3) is 6.78. The predicted molar refractivity (Wildman–Crippen MR) is 147 cm³/mol. The molecule has 3 aromatic carbocycles. The van der Waals surface area contributed by atoms with E-state index in [1.165, 1.54) is 11.8 Å². The molecule has 4 rings (SSSR count). The molecular weight excluding hydrogens is 510 g/mol.